The molecule has 0 saturated carbocycles. The first-order chi connectivity index (χ1) is 7.72. The second-order valence-corrected chi connectivity index (χ2v) is 4.02. The van der Waals surface area contributed by atoms with Crippen LogP contribution >= 0.6 is 0 Å². The Morgan fingerprint density at radius 1 is 1.56 bits per heavy atom. The number of carbonyl (C=O) groups excluding carboxylic acids is 1. The van der Waals surface area contributed by atoms with Gasteiger partial charge in [-0.3, -0.25) is 4.79 Å². The van der Waals surface area contributed by atoms with Gasteiger partial charge >= 0.3 is 0 Å². The molecule has 86 valence electrons. The number of aryl methyl sites for hydroxylation is 1. The molecule has 1 atom stereocenters. The standard InChI is InChI=1S/C12H16N2O2/c1-9-3-2-4-10(7-9)14-6-5-13-12(16)11(14)8-15/h2-4,7,11,15H,5-6,8H2,1H3,(H,13,16). The van der Waals surface area contributed by atoms with Crippen molar-refractivity contribution in [1.29, 1.82) is 0 Å². The van der Waals surface area contributed by atoms with Crippen molar-refractivity contribution in [2.45, 2.75) is 13.0 Å². The van der Waals surface area contributed by atoms with Gasteiger partial charge < -0.3 is 15.3 Å². The molecule has 1 saturated heterocycles. The SMILES string of the molecule is Cc1cccc(N2CCNC(=O)C2CO)c1. The van der Waals surface area contributed by atoms with Crippen molar-refractivity contribution in [3.63, 3.8) is 0 Å². The molecule has 16 heavy (non-hydrogen) atoms. The van der Waals surface area contributed by atoms with E-state index in [1.54, 1.807) is 0 Å². The minimum absolute atomic E-state index is 0.102. The van der Waals surface area contributed by atoms with Crippen molar-refractivity contribution in [1.82, 2.24) is 5.32 Å². The van der Waals surface area contributed by atoms with E-state index in [1.807, 2.05) is 36.1 Å². The van der Waals surface area contributed by atoms with Crippen LogP contribution in [0, 0.1) is 6.92 Å². The molecule has 1 aliphatic heterocycles. The van der Waals surface area contributed by atoms with Gasteiger partial charge in [0.25, 0.3) is 0 Å². The van der Waals surface area contributed by atoms with Crippen molar-refractivity contribution >= 4 is 11.6 Å². The fourth-order valence-electron chi connectivity index (χ4n) is 2.01. The van der Waals surface area contributed by atoms with Gasteiger partial charge in [-0.15, -0.1) is 0 Å². The Hall–Kier alpha value is -1.55. The monoisotopic (exact) mass is 220 g/mol. The summed E-state index contributed by atoms with van der Waals surface area (Å²) in [6.45, 7) is 3.23. The Labute approximate surface area is 94.9 Å². The number of aliphatic hydroxyl groups is 1. The van der Waals surface area contributed by atoms with Crippen molar-refractivity contribution in [3.8, 4) is 0 Å². The largest absolute Gasteiger partial charge is 0.394 e. The summed E-state index contributed by atoms with van der Waals surface area (Å²) >= 11 is 0. The van der Waals surface area contributed by atoms with E-state index in [4.69, 9.17) is 0 Å². The number of piperazine rings is 1. The molecule has 1 amide bonds. The summed E-state index contributed by atoms with van der Waals surface area (Å²) in [7, 11) is 0. The zero-order valence-electron chi connectivity index (χ0n) is 9.31. The number of rotatable bonds is 2. The second kappa shape index (κ2) is 4.53. The van der Waals surface area contributed by atoms with Crippen LogP contribution in [-0.4, -0.2) is 36.8 Å². The highest BCUT2D eigenvalue weighted by molar-refractivity contribution is 5.86. The summed E-state index contributed by atoms with van der Waals surface area (Å²) in [5.41, 5.74) is 2.15. The van der Waals surface area contributed by atoms with Crippen LogP contribution < -0.4 is 10.2 Å². The molecule has 1 aromatic carbocycles. The maximum atomic E-state index is 11.6. The lowest BCUT2D eigenvalue weighted by molar-refractivity contribution is -0.124. The van der Waals surface area contributed by atoms with Crippen LogP contribution in [0.15, 0.2) is 24.3 Å². The first kappa shape index (κ1) is 11.0. The third-order valence-electron chi connectivity index (χ3n) is 2.84. The fourth-order valence-corrected chi connectivity index (χ4v) is 2.01. The average molecular weight is 220 g/mol. The summed E-state index contributed by atoms with van der Waals surface area (Å²) < 4.78 is 0. The number of nitrogens with zero attached hydrogens (tertiary/aromatic N) is 1. The molecule has 0 radical (unpaired) electrons. The van der Waals surface area contributed by atoms with Crippen LogP contribution in [0.4, 0.5) is 5.69 Å². The number of benzene rings is 1. The van der Waals surface area contributed by atoms with Gasteiger partial charge in [0.15, 0.2) is 0 Å². The van der Waals surface area contributed by atoms with E-state index < -0.39 is 6.04 Å². The zero-order valence-corrected chi connectivity index (χ0v) is 9.31. The lowest BCUT2D eigenvalue weighted by Crippen LogP contribution is -2.57. The Morgan fingerprint density at radius 2 is 2.38 bits per heavy atom. The minimum Gasteiger partial charge on any atom is -0.394 e. The minimum atomic E-state index is -0.462. The molecule has 2 N–H and O–H groups in total. The highest BCUT2D eigenvalue weighted by Gasteiger charge is 2.28. The fraction of sp³-hybridized carbons (Fsp3) is 0.417. The number of amides is 1. The molecule has 4 heteroatoms. The third-order valence-corrected chi connectivity index (χ3v) is 2.84. The summed E-state index contributed by atoms with van der Waals surface area (Å²) in [5, 5.41) is 12.0. The summed E-state index contributed by atoms with van der Waals surface area (Å²) in [6, 6.07) is 7.51. The molecule has 2 rings (SSSR count). The number of anilines is 1. The van der Waals surface area contributed by atoms with E-state index in [0.29, 0.717) is 6.54 Å². The molecular formula is C12H16N2O2. The maximum Gasteiger partial charge on any atom is 0.245 e. The van der Waals surface area contributed by atoms with Gasteiger partial charge in [-0.2, -0.15) is 0 Å². The van der Waals surface area contributed by atoms with Gasteiger partial charge in [-0.25, -0.2) is 0 Å². The van der Waals surface area contributed by atoms with Gasteiger partial charge in [0.05, 0.1) is 6.61 Å². The zero-order chi connectivity index (χ0) is 11.5. The van der Waals surface area contributed by atoms with Crippen LogP contribution in [0.2, 0.25) is 0 Å². The molecule has 1 unspecified atom stereocenters. The highest BCUT2D eigenvalue weighted by atomic mass is 16.3. The molecule has 1 heterocycles. The molecule has 0 aromatic heterocycles. The second-order valence-electron chi connectivity index (χ2n) is 4.02. The Kier molecular flexibility index (Phi) is 3.10. The maximum absolute atomic E-state index is 11.6. The predicted molar refractivity (Wildman–Crippen MR) is 62.4 cm³/mol. The Morgan fingerprint density at radius 3 is 3.06 bits per heavy atom. The average Bonchev–Trinajstić information content (AvgIpc) is 2.28. The molecule has 4 nitrogen and oxygen atoms in total. The van der Waals surface area contributed by atoms with E-state index in [-0.39, 0.29) is 12.5 Å². The van der Waals surface area contributed by atoms with E-state index >= 15 is 0 Å². The van der Waals surface area contributed by atoms with Crippen LogP contribution in [0.25, 0.3) is 0 Å². The van der Waals surface area contributed by atoms with Crippen LogP contribution in [0.5, 0.6) is 0 Å². The lowest BCUT2D eigenvalue weighted by Gasteiger charge is -2.35. The van der Waals surface area contributed by atoms with Crippen LogP contribution in [-0.2, 0) is 4.79 Å². The summed E-state index contributed by atoms with van der Waals surface area (Å²) in [4.78, 5) is 13.5. The third kappa shape index (κ3) is 2.02. The first-order valence-corrected chi connectivity index (χ1v) is 5.44. The van der Waals surface area contributed by atoms with E-state index in [9.17, 15) is 9.90 Å². The molecule has 0 bridgehead atoms. The number of nitrogens with one attached hydrogen (secondary N) is 1. The molecule has 0 aliphatic carbocycles. The molecule has 0 spiro atoms. The first-order valence-electron chi connectivity index (χ1n) is 5.44. The topological polar surface area (TPSA) is 52.6 Å². The van der Waals surface area contributed by atoms with Gasteiger partial charge in [-0.1, -0.05) is 12.1 Å². The highest BCUT2D eigenvalue weighted by Crippen LogP contribution is 2.19. The normalized spacial score (nSPS) is 20.8. The van der Waals surface area contributed by atoms with Crippen LogP contribution in [0.1, 0.15) is 5.56 Å². The molecule has 1 aromatic rings. The number of hydrogen-bond acceptors (Lipinski definition) is 3. The predicted octanol–water partition coefficient (Wildman–Crippen LogP) is 0.292. The van der Waals surface area contributed by atoms with Crippen molar-refractivity contribution < 1.29 is 9.90 Å². The van der Waals surface area contributed by atoms with E-state index in [2.05, 4.69) is 5.32 Å². The summed E-state index contributed by atoms with van der Waals surface area (Å²) in [6.07, 6.45) is 0. The Balaban J connectivity index is 2.27. The smallest absolute Gasteiger partial charge is 0.245 e. The van der Waals surface area contributed by atoms with Gasteiger partial charge in [0, 0.05) is 18.8 Å². The number of carbonyl (C=O) groups is 1. The Bertz CT molecular complexity index is 392. The van der Waals surface area contributed by atoms with Crippen molar-refractivity contribution in [2.24, 2.45) is 0 Å². The molecule has 1 aliphatic rings. The van der Waals surface area contributed by atoms with Crippen LogP contribution in [0.3, 0.4) is 0 Å². The van der Waals surface area contributed by atoms with E-state index in [0.717, 1.165) is 17.8 Å². The summed E-state index contributed by atoms with van der Waals surface area (Å²) in [5.74, 6) is -0.102. The quantitative estimate of drug-likeness (QED) is 0.753. The molecule has 1 fully saturated rings. The molecular weight excluding hydrogens is 204 g/mol. The van der Waals surface area contributed by atoms with E-state index in [1.165, 1.54) is 0 Å². The lowest BCUT2D eigenvalue weighted by atomic mass is 10.1. The van der Waals surface area contributed by atoms with Gasteiger partial charge in [0.1, 0.15) is 6.04 Å². The van der Waals surface area contributed by atoms with Crippen molar-refractivity contribution in [2.75, 3.05) is 24.6 Å². The van der Waals surface area contributed by atoms with Gasteiger partial charge in [-0.05, 0) is 24.6 Å². The number of hydrogen-bond donors (Lipinski definition) is 2. The van der Waals surface area contributed by atoms with Crippen molar-refractivity contribution in [3.05, 3.63) is 29.8 Å². The van der Waals surface area contributed by atoms with Gasteiger partial charge in [0.2, 0.25) is 5.91 Å². The number of aliphatic hydroxyl groups excluding tert-OH is 1.